The number of aliphatic hydroxyl groups is 1. The van der Waals surface area contributed by atoms with Crippen molar-refractivity contribution in [3.63, 3.8) is 0 Å². The second kappa shape index (κ2) is 8.01. The van der Waals surface area contributed by atoms with Crippen molar-refractivity contribution in [1.82, 2.24) is 29.6 Å². The lowest BCUT2D eigenvalue weighted by molar-refractivity contribution is -0.143. The fourth-order valence-electron chi connectivity index (χ4n) is 3.75. The Kier molecular flexibility index (Phi) is 5.14. The molecule has 2 N–H and O–H groups in total. The molecule has 1 aliphatic rings. The molecule has 1 aromatic carbocycles. The van der Waals surface area contributed by atoms with E-state index in [0.29, 0.717) is 35.0 Å². The number of rotatable bonds is 5. The van der Waals surface area contributed by atoms with Crippen molar-refractivity contribution in [2.45, 2.75) is 12.0 Å². The minimum Gasteiger partial charge on any atom is -0.375 e. The van der Waals surface area contributed by atoms with Crippen molar-refractivity contribution >= 4 is 29.0 Å². The van der Waals surface area contributed by atoms with Gasteiger partial charge in [0.25, 0.3) is 5.91 Å². The van der Waals surface area contributed by atoms with Crippen molar-refractivity contribution in [2.24, 2.45) is 7.05 Å². The highest BCUT2D eigenvalue weighted by atomic mass is 32.1. The van der Waals surface area contributed by atoms with Crippen LogP contribution in [0.5, 0.6) is 0 Å². The lowest BCUT2D eigenvalue weighted by Crippen LogP contribution is -2.36. The molecule has 4 heterocycles. The van der Waals surface area contributed by atoms with Crippen LogP contribution in [0.2, 0.25) is 0 Å². The first kappa shape index (κ1) is 21.2. The average Bonchev–Trinajstić information content (AvgIpc) is 3.53. The molecule has 11 heteroatoms. The SMILES string of the molecule is CN1CCC(O)(c2cccc(-c3nc(-c4nc(Nc5ccn(C)n5)ncc4F)cs3)c2)C1=O. The number of halogens is 1. The summed E-state index contributed by atoms with van der Waals surface area (Å²) in [6.07, 6.45) is 3.18. The molecule has 1 amide bonds. The Labute approximate surface area is 192 Å². The number of carbonyl (C=O) groups is 1. The van der Waals surface area contributed by atoms with Crippen molar-refractivity contribution in [3.8, 4) is 22.0 Å². The smallest absolute Gasteiger partial charge is 0.258 e. The van der Waals surface area contributed by atoms with Crippen LogP contribution in [0, 0.1) is 5.82 Å². The van der Waals surface area contributed by atoms with Gasteiger partial charge in [-0.15, -0.1) is 11.3 Å². The van der Waals surface area contributed by atoms with E-state index in [1.54, 1.807) is 54.6 Å². The zero-order chi connectivity index (χ0) is 23.2. The maximum atomic E-state index is 14.5. The van der Waals surface area contributed by atoms with Gasteiger partial charge in [0.1, 0.15) is 16.4 Å². The zero-order valence-corrected chi connectivity index (χ0v) is 18.7. The van der Waals surface area contributed by atoms with Crippen molar-refractivity contribution in [1.29, 1.82) is 0 Å². The molecule has 33 heavy (non-hydrogen) atoms. The van der Waals surface area contributed by atoms with Gasteiger partial charge in [0.2, 0.25) is 5.95 Å². The number of aromatic nitrogens is 5. The lowest BCUT2D eigenvalue weighted by Gasteiger charge is -2.21. The second-order valence-corrected chi connectivity index (χ2v) is 8.70. The number of thiazole rings is 1. The minimum absolute atomic E-state index is 0.0632. The van der Waals surface area contributed by atoms with Crippen LogP contribution in [0.15, 0.2) is 48.1 Å². The van der Waals surface area contributed by atoms with Crippen LogP contribution in [0.1, 0.15) is 12.0 Å². The molecule has 0 spiro atoms. The highest BCUT2D eigenvalue weighted by Gasteiger charge is 2.45. The molecule has 1 saturated heterocycles. The van der Waals surface area contributed by atoms with E-state index in [1.807, 2.05) is 6.07 Å². The molecular weight excluding hydrogens is 445 g/mol. The van der Waals surface area contributed by atoms with Crippen molar-refractivity contribution in [3.05, 3.63) is 59.5 Å². The molecule has 4 aromatic rings. The summed E-state index contributed by atoms with van der Waals surface area (Å²) in [7, 11) is 3.46. The van der Waals surface area contributed by atoms with Gasteiger partial charge in [-0.25, -0.2) is 19.3 Å². The summed E-state index contributed by atoms with van der Waals surface area (Å²) in [6.45, 7) is 0.489. The Morgan fingerprint density at radius 3 is 2.82 bits per heavy atom. The fourth-order valence-corrected chi connectivity index (χ4v) is 4.55. The van der Waals surface area contributed by atoms with Crippen LogP contribution >= 0.6 is 11.3 Å². The number of nitrogens with zero attached hydrogens (tertiary/aromatic N) is 6. The second-order valence-electron chi connectivity index (χ2n) is 7.85. The van der Waals surface area contributed by atoms with E-state index in [1.165, 1.54) is 16.2 Å². The van der Waals surface area contributed by atoms with Gasteiger partial charge in [0.05, 0.1) is 6.20 Å². The molecule has 0 saturated carbocycles. The number of nitrogens with one attached hydrogen (secondary N) is 1. The van der Waals surface area contributed by atoms with Gasteiger partial charge < -0.3 is 15.3 Å². The Hall–Kier alpha value is -3.70. The molecule has 0 radical (unpaired) electrons. The largest absolute Gasteiger partial charge is 0.375 e. The summed E-state index contributed by atoms with van der Waals surface area (Å²) >= 11 is 1.32. The van der Waals surface area contributed by atoms with Crippen LogP contribution in [0.4, 0.5) is 16.2 Å². The van der Waals surface area contributed by atoms with Crippen LogP contribution < -0.4 is 5.32 Å². The summed E-state index contributed by atoms with van der Waals surface area (Å²) in [5.74, 6) is -0.180. The van der Waals surface area contributed by atoms with E-state index in [4.69, 9.17) is 0 Å². The predicted octanol–water partition coefficient (Wildman–Crippen LogP) is 2.93. The maximum absolute atomic E-state index is 14.5. The molecule has 1 atom stereocenters. The number of likely N-dealkylation sites (tertiary alicyclic amines) is 1. The zero-order valence-electron chi connectivity index (χ0n) is 17.9. The summed E-state index contributed by atoms with van der Waals surface area (Å²) in [5.41, 5.74) is 0.116. The van der Waals surface area contributed by atoms with Crippen LogP contribution in [-0.2, 0) is 17.4 Å². The fraction of sp³-hybridized carbons (Fsp3) is 0.227. The Morgan fingerprint density at radius 1 is 1.24 bits per heavy atom. The number of aryl methyl sites for hydroxylation is 1. The van der Waals surface area contributed by atoms with E-state index in [0.717, 1.165) is 11.8 Å². The predicted molar refractivity (Wildman–Crippen MR) is 121 cm³/mol. The Bertz CT molecular complexity index is 1350. The van der Waals surface area contributed by atoms with Gasteiger partial charge in [-0.1, -0.05) is 18.2 Å². The number of hydrogen-bond donors (Lipinski definition) is 2. The molecule has 1 fully saturated rings. The maximum Gasteiger partial charge on any atom is 0.258 e. The standard InChI is InChI=1S/C22H20FN7O2S/c1-29-9-7-22(32,20(29)31)14-5-3-4-13(10-14)19-25-16(12-33-19)18-15(23)11-24-21(27-18)26-17-6-8-30(2)28-17/h3-6,8,10-12,32H,7,9H2,1-2H3,(H,24,26,27,28). The van der Waals surface area contributed by atoms with E-state index in [9.17, 15) is 14.3 Å². The van der Waals surface area contributed by atoms with Gasteiger partial charge in [-0.3, -0.25) is 9.48 Å². The van der Waals surface area contributed by atoms with Gasteiger partial charge >= 0.3 is 0 Å². The molecular formula is C22H20FN7O2S. The molecule has 9 nitrogen and oxygen atoms in total. The first-order valence-corrected chi connectivity index (χ1v) is 11.1. The normalized spacial score (nSPS) is 18.2. The van der Waals surface area contributed by atoms with E-state index in [2.05, 4.69) is 25.4 Å². The van der Waals surface area contributed by atoms with Gasteiger partial charge in [-0.05, 0) is 11.6 Å². The molecule has 1 aliphatic heterocycles. The highest BCUT2D eigenvalue weighted by molar-refractivity contribution is 7.13. The summed E-state index contributed by atoms with van der Waals surface area (Å²) in [4.78, 5) is 26.8. The van der Waals surface area contributed by atoms with Crippen LogP contribution in [-0.4, -0.2) is 54.2 Å². The number of likely N-dealkylation sites (N-methyl/N-ethyl adjacent to an activating group) is 1. The number of carbonyl (C=O) groups excluding carboxylic acids is 1. The third-order valence-electron chi connectivity index (χ3n) is 5.54. The summed E-state index contributed by atoms with van der Waals surface area (Å²) in [6, 6.07) is 8.85. The van der Waals surface area contributed by atoms with E-state index >= 15 is 0 Å². The number of benzene rings is 1. The van der Waals surface area contributed by atoms with Crippen molar-refractivity contribution < 1.29 is 14.3 Å². The third kappa shape index (κ3) is 3.85. The first-order valence-electron chi connectivity index (χ1n) is 10.2. The molecule has 5 rings (SSSR count). The van der Waals surface area contributed by atoms with Crippen LogP contribution in [0.25, 0.3) is 22.0 Å². The summed E-state index contributed by atoms with van der Waals surface area (Å²) < 4.78 is 16.2. The minimum atomic E-state index is -1.55. The number of hydrogen-bond acceptors (Lipinski definition) is 8. The first-order chi connectivity index (χ1) is 15.8. The van der Waals surface area contributed by atoms with Gasteiger partial charge in [0.15, 0.2) is 17.2 Å². The monoisotopic (exact) mass is 465 g/mol. The van der Waals surface area contributed by atoms with E-state index in [-0.39, 0.29) is 17.5 Å². The number of amides is 1. The lowest BCUT2D eigenvalue weighted by atomic mass is 9.91. The molecule has 0 bridgehead atoms. The Balaban J connectivity index is 1.44. The highest BCUT2D eigenvalue weighted by Crippen LogP contribution is 2.36. The average molecular weight is 466 g/mol. The van der Waals surface area contributed by atoms with Gasteiger partial charge in [0, 0.05) is 50.3 Å². The quantitative estimate of drug-likeness (QED) is 0.466. The molecule has 0 aliphatic carbocycles. The molecule has 1 unspecified atom stereocenters. The third-order valence-corrected chi connectivity index (χ3v) is 6.43. The van der Waals surface area contributed by atoms with Gasteiger partial charge in [-0.2, -0.15) is 5.10 Å². The topological polar surface area (TPSA) is 109 Å². The molecule has 168 valence electrons. The molecule has 3 aromatic heterocycles. The van der Waals surface area contributed by atoms with Crippen molar-refractivity contribution in [2.75, 3.05) is 18.9 Å². The number of anilines is 2. The summed E-state index contributed by atoms with van der Waals surface area (Å²) in [5, 5.41) is 20.4. The van der Waals surface area contributed by atoms with Crippen LogP contribution in [0.3, 0.4) is 0 Å². The van der Waals surface area contributed by atoms with E-state index < -0.39 is 11.4 Å². The Morgan fingerprint density at radius 2 is 2.09 bits per heavy atom.